The number of carbonyl (C=O) groups is 1. The molecule has 0 aromatic carbocycles. The summed E-state index contributed by atoms with van der Waals surface area (Å²) in [6.07, 6.45) is 7.27. The number of aryl methyl sites for hydroxylation is 2. The lowest BCUT2D eigenvalue weighted by atomic mass is 10.4. The van der Waals surface area contributed by atoms with Crippen LogP contribution in [0, 0.1) is 0 Å². The Morgan fingerprint density at radius 1 is 1.41 bits per heavy atom. The number of hydrogen-bond donors (Lipinski definition) is 0. The fourth-order valence-electron chi connectivity index (χ4n) is 1.64. The molecule has 0 bridgehead atoms. The summed E-state index contributed by atoms with van der Waals surface area (Å²) < 4.78 is 8.84. The van der Waals surface area contributed by atoms with Crippen LogP contribution in [0.25, 0.3) is 0 Å². The molecule has 0 saturated carbocycles. The first-order valence-corrected chi connectivity index (χ1v) is 5.59. The Bertz CT molecular complexity index is 474. The SMILES string of the molecule is CCOC(=O)c1cccn1CCn1ccnc1. The Hall–Kier alpha value is -2.04. The molecule has 0 unspecified atom stereocenters. The molecular formula is C12H15N3O2. The van der Waals surface area contributed by atoms with Crippen molar-refractivity contribution in [1.82, 2.24) is 14.1 Å². The number of aromatic nitrogens is 3. The van der Waals surface area contributed by atoms with Gasteiger partial charge in [0.05, 0.1) is 12.9 Å². The van der Waals surface area contributed by atoms with Gasteiger partial charge in [0.1, 0.15) is 5.69 Å². The Labute approximate surface area is 99.6 Å². The molecule has 0 spiro atoms. The highest BCUT2D eigenvalue weighted by atomic mass is 16.5. The van der Waals surface area contributed by atoms with Gasteiger partial charge in [-0.2, -0.15) is 0 Å². The zero-order valence-electron chi connectivity index (χ0n) is 9.74. The average Bonchev–Trinajstić information content (AvgIpc) is 2.98. The molecule has 2 aromatic rings. The van der Waals surface area contributed by atoms with Crippen LogP contribution >= 0.6 is 0 Å². The molecule has 0 atom stereocenters. The summed E-state index contributed by atoms with van der Waals surface area (Å²) in [5.41, 5.74) is 0.590. The largest absolute Gasteiger partial charge is 0.461 e. The van der Waals surface area contributed by atoms with Gasteiger partial charge in [0.25, 0.3) is 0 Å². The van der Waals surface area contributed by atoms with Gasteiger partial charge in [0.2, 0.25) is 0 Å². The summed E-state index contributed by atoms with van der Waals surface area (Å²) in [5, 5.41) is 0. The molecule has 5 nitrogen and oxygen atoms in total. The first kappa shape index (κ1) is 11.4. The first-order valence-electron chi connectivity index (χ1n) is 5.59. The molecule has 17 heavy (non-hydrogen) atoms. The van der Waals surface area contributed by atoms with Gasteiger partial charge in [-0.3, -0.25) is 0 Å². The Balaban J connectivity index is 2.01. The van der Waals surface area contributed by atoms with Gasteiger partial charge in [-0.25, -0.2) is 9.78 Å². The Morgan fingerprint density at radius 3 is 3.00 bits per heavy atom. The van der Waals surface area contributed by atoms with Crippen molar-refractivity contribution in [3.63, 3.8) is 0 Å². The van der Waals surface area contributed by atoms with Gasteiger partial charge in [-0.1, -0.05) is 0 Å². The molecule has 0 N–H and O–H groups in total. The molecule has 0 aliphatic rings. The minimum absolute atomic E-state index is 0.275. The van der Waals surface area contributed by atoms with Crippen molar-refractivity contribution in [2.45, 2.75) is 20.0 Å². The van der Waals surface area contributed by atoms with E-state index in [2.05, 4.69) is 4.98 Å². The zero-order chi connectivity index (χ0) is 12.1. The number of rotatable bonds is 5. The van der Waals surface area contributed by atoms with Crippen LogP contribution in [0.5, 0.6) is 0 Å². The second kappa shape index (κ2) is 5.34. The van der Waals surface area contributed by atoms with Crippen LogP contribution in [0.4, 0.5) is 0 Å². The van der Waals surface area contributed by atoms with Gasteiger partial charge >= 0.3 is 5.97 Å². The highest BCUT2D eigenvalue weighted by Crippen LogP contribution is 2.05. The number of nitrogens with zero attached hydrogens (tertiary/aromatic N) is 3. The van der Waals surface area contributed by atoms with Crippen LogP contribution in [0.1, 0.15) is 17.4 Å². The predicted molar refractivity (Wildman–Crippen MR) is 62.6 cm³/mol. The normalized spacial score (nSPS) is 10.4. The van der Waals surface area contributed by atoms with Crippen molar-refractivity contribution in [2.24, 2.45) is 0 Å². The number of hydrogen-bond acceptors (Lipinski definition) is 3. The van der Waals surface area contributed by atoms with Crippen molar-refractivity contribution >= 4 is 5.97 Å². The summed E-state index contributed by atoms with van der Waals surface area (Å²) in [6.45, 7) is 3.70. The molecule has 5 heteroatoms. The van der Waals surface area contributed by atoms with Gasteiger partial charge < -0.3 is 13.9 Å². The third-order valence-corrected chi connectivity index (χ3v) is 2.47. The summed E-state index contributed by atoms with van der Waals surface area (Å²) >= 11 is 0. The van der Waals surface area contributed by atoms with Crippen molar-refractivity contribution in [3.8, 4) is 0 Å². The molecule has 90 valence electrons. The van der Waals surface area contributed by atoms with Crippen molar-refractivity contribution in [2.75, 3.05) is 6.61 Å². The molecule has 0 aliphatic carbocycles. The minimum Gasteiger partial charge on any atom is -0.461 e. The van der Waals surface area contributed by atoms with E-state index in [1.165, 1.54) is 0 Å². The molecule has 2 rings (SSSR count). The zero-order valence-corrected chi connectivity index (χ0v) is 9.74. The van der Waals surface area contributed by atoms with E-state index in [9.17, 15) is 4.79 Å². The smallest absolute Gasteiger partial charge is 0.354 e. The van der Waals surface area contributed by atoms with E-state index in [0.717, 1.165) is 13.1 Å². The molecule has 0 fully saturated rings. The van der Waals surface area contributed by atoms with E-state index in [1.54, 1.807) is 25.5 Å². The van der Waals surface area contributed by atoms with Crippen LogP contribution in [-0.2, 0) is 17.8 Å². The maximum absolute atomic E-state index is 11.6. The number of esters is 1. The van der Waals surface area contributed by atoms with Gasteiger partial charge in [-0.15, -0.1) is 0 Å². The molecular weight excluding hydrogens is 218 g/mol. The quantitative estimate of drug-likeness (QED) is 0.736. The van der Waals surface area contributed by atoms with Gasteiger partial charge in [0, 0.05) is 31.7 Å². The molecule has 2 heterocycles. The maximum atomic E-state index is 11.6. The van der Waals surface area contributed by atoms with E-state index in [-0.39, 0.29) is 5.97 Å². The molecule has 0 amide bonds. The Morgan fingerprint density at radius 2 is 2.29 bits per heavy atom. The predicted octanol–water partition coefficient (Wildman–Crippen LogP) is 1.56. The molecule has 0 aliphatic heterocycles. The average molecular weight is 233 g/mol. The highest BCUT2D eigenvalue weighted by molar-refractivity contribution is 5.87. The number of carbonyl (C=O) groups excluding carboxylic acids is 1. The minimum atomic E-state index is -0.275. The topological polar surface area (TPSA) is 49.0 Å². The summed E-state index contributed by atoms with van der Waals surface area (Å²) in [5.74, 6) is -0.275. The van der Waals surface area contributed by atoms with E-state index in [0.29, 0.717) is 12.3 Å². The van der Waals surface area contributed by atoms with Crippen molar-refractivity contribution in [3.05, 3.63) is 42.7 Å². The Kier molecular flexibility index (Phi) is 3.59. The first-order chi connectivity index (χ1) is 8.31. The van der Waals surface area contributed by atoms with E-state index in [4.69, 9.17) is 4.74 Å². The second-order valence-corrected chi connectivity index (χ2v) is 3.61. The lowest BCUT2D eigenvalue weighted by Crippen LogP contribution is -2.14. The highest BCUT2D eigenvalue weighted by Gasteiger charge is 2.10. The molecule has 0 radical (unpaired) electrons. The maximum Gasteiger partial charge on any atom is 0.354 e. The van der Waals surface area contributed by atoms with E-state index in [1.807, 2.05) is 27.6 Å². The standard InChI is InChI=1S/C12H15N3O2/c1-2-17-12(16)11-4-3-6-15(11)9-8-14-7-5-13-10-14/h3-7,10H,2,8-9H2,1H3. The van der Waals surface area contributed by atoms with Crippen molar-refractivity contribution < 1.29 is 9.53 Å². The van der Waals surface area contributed by atoms with Gasteiger partial charge in [-0.05, 0) is 19.1 Å². The lowest BCUT2D eigenvalue weighted by Gasteiger charge is -2.08. The van der Waals surface area contributed by atoms with E-state index >= 15 is 0 Å². The van der Waals surface area contributed by atoms with Crippen LogP contribution in [-0.4, -0.2) is 26.7 Å². The van der Waals surface area contributed by atoms with Crippen LogP contribution in [0.15, 0.2) is 37.1 Å². The fraction of sp³-hybridized carbons (Fsp3) is 0.333. The lowest BCUT2D eigenvalue weighted by molar-refractivity contribution is 0.0513. The van der Waals surface area contributed by atoms with Gasteiger partial charge in [0.15, 0.2) is 0 Å². The third-order valence-electron chi connectivity index (χ3n) is 2.47. The summed E-state index contributed by atoms with van der Waals surface area (Å²) in [4.78, 5) is 15.6. The van der Waals surface area contributed by atoms with Crippen LogP contribution < -0.4 is 0 Å². The van der Waals surface area contributed by atoms with E-state index < -0.39 is 0 Å². The fourth-order valence-corrected chi connectivity index (χ4v) is 1.64. The second-order valence-electron chi connectivity index (χ2n) is 3.61. The number of ether oxygens (including phenoxy) is 1. The van der Waals surface area contributed by atoms with Crippen LogP contribution in [0.3, 0.4) is 0 Å². The molecule has 0 saturated heterocycles. The number of imidazole rings is 1. The monoisotopic (exact) mass is 233 g/mol. The van der Waals surface area contributed by atoms with Crippen molar-refractivity contribution in [1.29, 1.82) is 0 Å². The molecule has 2 aromatic heterocycles. The van der Waals surface area contributed by atoms with Crippen LogP contribution in [0.2, 0.25) is 0 Å². The summed E-state index contributed by atoms with van der Waals surface area (Å²) in [7, 11) is 0. The summed E-state index contributed by atoms with van der Waals surface area (Å²) in [6, 6.07) is 3.62. The third kappa shape index (κ3) is 2.75.